The number of imide groups is 1. The zero-order valence-corrected chi connectivity index (χ0v) is 16.4. The summed E-state index contributed by atoms with van der Waals surface area (Å²) in [6, 6.07) is 3.02. The monoisotopic (exact) mass is 412 g/mol. The second kappa shape index (κ2) is 7.89. The van der Waals surface area contributed by atoms with Crippen LogP contribution in [-0.4, -0.2) is 65.9 Å². The summed E-state index contributed by atoms with van der Waals surface area (Å²) in [6.45, 7) is 2.14. The van der Waals surface area contributed by atoms with Crippen molar-refractivity contribution in [2.24, 2.45) is 0 Å². The van der Waals surface area contributed by atoms with Gasteiger partial charge in [-0.2, -0.15) is 0 Å². The van der Waals surface area contributed by atoms with Crippen molar-refractivity contribution in [3.05, 3.63) is 29.1 Å². The van der Waals surface area contributed by atoms with Gasteiger partial charge in [0.25, 0.3) is 11.1 Å². The van der Waals surface area contributed by atoms with E-state index >= 15 is 0 Å². The van der Waals surface area contributed by atoms with E-state index in [1.807, 2.05) is 0 Å². The highest BCUT2D eigenvalue weighted by atomic mass is 32.2. The Kier molecular flexibility index (Phi) is 5.75. The maximum Gasteiger partial charge on any atom is 0.293 e. The zero-order valence-electron chi connectivity index (χ0n) is 14.8. The van der Waals surface area contributed by atoms with E-state index in [1.165, 1.54) is 17.2 Å². The molecule has 0 aliphatic carbocycles. The van der Waals surface area contributed by atoms with Crippen LogP contribution in [0.3, 0.4) is 0 Å². The first-order valence-electron chi connectivity index (χ1n) is 8.59. The largest absolute Gasteiger partial charge is 0.465 e. The number of amides is 3. The maximum absolute atomic E-state index is 12.5. The van der Waals surface area contributed by atoms with Crippen LogP contribution in [0.4, 0.5) is 4.79 Å². The topological polar surface area (TPSA) is 105 Å². The van der Waals surface area contributed by atoms with Gasteiger partial charge in [0.15, 0.2) is 9.84 Å². The predicted molar refractivity (Wildman–Crippen MR) is 100 cm³/mol. The lowest BCUT2D eigenvalue weighted by Gasteiger charge is -2.27. The van der Waals surface area contributed by atoms with Crippen LogP contribution in [-0.2, 0) is 19.4 Å². The molecule has 2 saturated heterocycles. The lowest BCUT2D eigenvalue weighted by Crippen LogP contribution is -2.42. The molecule has 27 heavy (non-hydrogen) atoms. The van der Waals surface area contributed by atoms with E-state index in [4.69, 9.17) is 4.42 Å². The number of furan rings is 1. The third-order valence-corrected chi connectivity index (χ3v) is 7.21. The van der Waals surface area contributed by atoms with Gasteiger partial charge in [0.05, 0.1) is 22.7 Å². The van der Waals surface area contributed by atoms with Gasteiger partial charge in [-0.15, -0.1) is 0 Å². The molecule has 0 spiro atoms. The van der Waals surface area contributed by atoms with Gasteiger partial charge >= 0.3 is 0 Å². The van der Waals surface area contributed by atoms with Crippen molar-refractivity contribution in [1.82, 2.24) is 9.80 Å². The van der Waals surface area contributed by atoms with Crippen LogP contribution >= 0.6 is 11.8 Å². The minimum absolute atomic E-state index is 0.0277. The molecule has 0 radical (unpaired) electrons. The Balaban J connectivity index is 1.61. The van der Waals surface area contributed by atoms with E-state index in [0.717, 1.165) is 16.7 Å². The van der Waals surface area contributed by atoms with Crippen molar-refractivity contribution in [1.29, 1.82) is 0 Å². The lowest BCUT2D eigenvalue weighted by molar-refractivity contribution is -0.133. The number of sulfone groups is 1. The number of hydrogen-bond acceptors (Lipinski definition) is 7. The SMILES string of the molecule is CCN(C(=O)CCN1C(=O)S/C(=C\c2ccco2)C1=O)[C@H]1CCS(=O)(=O)C1. The molecular formula is C17H20N2O6S2. The van der Waals surface area contributed by atoms with Crippen molar-refractivity contribution >= 4 is 44.7 Å². The highest BCUT2D eigenvalue weighted by Gasteiger charge is 2.37. The molecule has 1 atom stereocenters. The standard InChI is InChI=1S/C17H20N2O6S2/c1-2-18(12-6-9-27(23,24)11-12)15(20)5-7-19-16(21)14(26-17(19)22)10-13-4-3-8-25-13/h3-4,8,10,12H,2,5-7,9,11H2,1H3/b14-10-/t12-/m0/s1. The van der Waals surface area contributed by atoms with Crippen LogP contribution in [0.5, 0.6) is 0 Å². The Labute approximate surface area is 161 Å². The Bertz CT molecular complexity index is 875. The van der Waals surface area contributed by atoms with Gasteiger partial charge in [-0.25, -0.2) is 8.42 Å². The van der Waals surface area contributed by atoms with Crippen LogP contribution in [0.2, 0.25) is 0 Å². The summed E-state index contributed by atoms with van der Waals surface area (Å²) in [5.41, 5.74) is 0. The molecular weight excluding hydrogens is 392 g/mol. The summed E-state index contributed by atoms with van der Waals surface area (Å²) in [7, 11) is -3.10. The highest BCUT2D eigenvalue weighted by Crippen LogP contribution is 2.32. The van der Waals surface area contributed by atoms with Crippen molar-refractivity contribution in [3.63, 3.8) is 0 Å². The molecule has 8 nitrogen and oxygen atoms in total. The predicted octanol–water partition coefficient (Wildman–Crippen LogP) is 1.74. The van der Waals surface area contributed by atoms with E-state index in [2.05, 4.69) is 0 Å². The first kappa shape index (κ1) is 19.7. The van der Waals surface area contributed by atoms with Gasteiger partial charge < -0.3 is 9.32 Å². The van der Waals surface area contributed by atoms with E-state index in [9.17, 15) is 22.8 Å². The van der Waals surface area contributed by atoms with Crippen LogP contribution in [0.15, 0.2) is 27.7 Å². The fourth-order valence-electron chi connectivity index (χ4n) is 3.21. The van der Waals surface area contributed by atoms with Gasteiger partial charge in [0.1, 0.15) is 5.76 Å². The fourth-order valence-corrected chi connectivity index (χ4v) is 5.78. The molecule has 2 aliphatic rings. The molecule has 0 bridgehead atoms. The zero-order chi connectivity index (χ0) is 19.6. The molecule has 0 saturated carbocycles. The van der Waals surface area contributed by atoms with Gasteiger partial charge in [-0.1, -0.05) is 0 Å². The number of rotatable bonds is 6. The van der Waals surface area contributed by atoms with Crippen LogP contribution in [0.25, 0.3) is 6.08 Å². The molecule has 0 unspecified atom stereocenters. The van der Waals surface area contributed by atoms with Crippen LogP contribution in [0, 0.1) is 0 Å². The van der Waals surface area contributed by atoms with Crippen LogP contribution < -0.4 is 0 Å². The smallest absolute Gasteiger partial charge is 0.293 e. The van der Waals surface area contributed by atoms with Gasteiger partial charge in [0, 0.05) is 31.6 Å². The second-order valence-corrected chi connectivity index (χ2v) is 9.56. The van der Waals surface area contributed by atoms with E-state index in [-0.39, 0.29) is 41.3 Å². The summed E-state index contributed by atoms with van der Waals surface area (Å²) in [5.74, 6) is -0.187. The third-order valence-electron chi connectivity index (χ3n) is 4.55. The molecule has 3 rings (SSSR count). The molecule has 146 valence electrons. The summed E-state index contributed by atoms with van der Waals surface area (Å²) < 4.78 is 28.5. The van der Waals surface area contributed by atoms with Gasteiger partial charge in [-0.3, -0.25) is 19.3 Å². The molecule has 1 aromatic rings. The van der Waals surface area contributed by atoms with Gasteiger partial charge in [0.2, 0.25) is 5.91 Å². The average molecular weight is 412 g/mol. The third kappa shape index (κ3) is 4.44. The maximum atomic E-state index is 12.5. The Morgan fingerprint density at radius 1 is 1.44 bits per heavy atom. The quantitative estimate of drug-likeness (QED) is 0.655. The molecule has 2 aliphatic heterocycles. The molecule has 2 fully saturated rings. The minimum atomic E-state index is -3.10. The molecule has 10 heteroatoms. The fraction of sp³-hybridized carbons (Fsp3) is 0.471. The summed E-state index contributed by atoms with van der Waals surface area (Å²) in [4.78, 5) is 39.9. The number of carbonyl (C=O) groups excluding carboxylic acids is 3. The van der Waals surface area contributed by atoms with E-state index in [1.54, 1.807) is 19.1 Å². The number of thioether (sulfide) groups is 1. The molecule has 1 aromatic heterocycles. The Hall–Kier alpha value is -2.07. The molecule has 0 N–H and O–H groups in total. The average Bonchev–Trinajstić information content (AvgIpc) is 3.29. The first-order valence-corrected chi connectivity index (χ1v) is 11.2. The normalized spacial score (nSPS) is 23.4. The molecule has 3 heterocycles. The highest BCUT2D eigenvalue weighted by molar-refractivity contribution is 8.18. The second-order valence-electron chi connectivity index (χ2n) is 6.34. The Morgan fingerprint density at radius 2 is 2.22 bits per heavy atom. The van der Waals surface area contributed by atoms with Gasteiger partial charge in [-0.05, 0) is 37.2 Å². The first-order chi connectivity index (χ1) is 12.8. The van der Waals surface area contributed by atoms with Crippen molar-refractivity contribution in [2.45, 2.75) is 25.8 Å². The summed E-state index contributed by atoms with van der Waals surface area (Å²) in [5, 5.41) is -0.433. The minimum Gasteiger partial charge on any atom is -0.465 e. The molecule has 3 amide bonds. The number of hydrogen-bond donors (Lipinski definition) is 0. The van der Waals surface area contributed by atoms with Crippen molar-refractivity contribution in [3.8, 4) is 0 Å². The van der Waals surface area contributed by atoms with Crippen molar-refractivity contribution < 1.29 is 27.2 Å². The lowest BCUT2D eigenvalue weighted by atomic mass is 10.2. The number of carbonyl (C=O) groups is 3. The molecule has 0 aromatic carbocycles. The van der Waals surface area contributed by atoms with E-state index in [0.29, 0.717) is 18.7 Å². The van der Waals surface area contributed by atoms with Crippen LogP contribution in [0.1, 0.15) is 25.5 Å². The summed E-state index contributed by atoms with van der Waals surface area (Å²) >= 11 is 0.805. The van der Waals surface area contributed by atoms with Crippen molar-refractivity contribution in [2.75, 3.05) is 24.6 Å². The Morgan fingerprint density at radius 3 is 2.81 bits per heavy atom. The number of nitrogens with zero attached hydrogens (tertiary/aromatic N) is 2. The summed E-state index contributed by atoms with van der Waals surface area (Å²) in [6.07, 6.45) is 3.36. The van der Waals surface area contributed by atoms with E-state index < -0.39 is 21.0 Å².